The summed E-state index contributed by atoms with van der Waals surface area (Å²) in [5.74, 6) is 1.08. The van der Waals surface area contributed by atoms with E-state index in [1.165, 1.54) is 36.8 Å². The quantitative estimate of drug-likeness (QED) is 0.300. The van der Waals surface area contributed by atoms with E-state index < -0.39 is 22.8 Å². The number of hydrogen-bond acceptors (Lipinski definition) is 4. The van der Waals surface area contributed by atoms with E-state index in [9.17, 15) is 19.8 Å². The van der Waals surface area contributed by atoms with E-state index in [1.54, 1.807) is 11.1 Å². The normalized spacial score (nSPS) is 40.4. The second-order valence-electron chi connectivity index (χ2n) is 17.0. The molecule has 0 saturated heterocycles. The summed E-state index contributed by atoms with van der Waals surface area (Å²) in [7, 11) is 0. The summed E-state index contributed by atoms with van der Waals surface area (Å²) in [6.07, 6.45) is 21.9. The van der Waals surface area contributed by atoms with E-state index in [-0.39, 0.29) is 60.4 Å². The second kappa shape index (κ2) is 13.6. The number of carbonyl (C=O) groups is 2. The number of fused-ring (bicyclic) bond motifs is 6. The first-order chi connectivity index (χ1) is 20.6. The Balaban J connectivity index is 0.000000200. The van der Waals surface area contributed by atoms with Gasteiger partial charge in [-0.15, -0.1) is 0 Å². The minimum atomic E-state index is -0.838. The molecule has 5 heteroatoms. The Bertz CT molecular complexity index is 1190. The number of carboxylic acid groups (broad SMARTS) is 2. The van der Waals surface area contributed by atoms with Crippen LogP contribution in [0.4, 0.5) is 0 Å². The average molecular weight is 643 g/mol. The molecule has 6 aliphatic rings. The minimum absolute atomic E-state index is 0. The largest absolute Gasteiger partial charge is 2.00 e. The smallest absolute Gasteiger partial charge is 0.550 e. The first-order valence-electron chi connectivity index (χ1n) is 17.8. The van der Waals surface area contributed by atoms with Crippen molar-refractivity contribution < 1.29 is 19.8 Å². The fourth-order valence-electron chi connectivity index (χ4n) is 11.2. The van der Waals surface area contributed by atoms with Gasteiger partial charge in [-0.25, -0.2) is 0 Å². The summed E-state index contributed by atoms with van der Waals surface area (Å²) in [5.41, 5.74) is 5.01. The molecule has 0 heterocycles. The van der Waals surface area contributed by atoms with Crippen LogP contribution in [-0.2, 0) is 9.59 Å². The number of aliphatic carboxylic acids is 2. The molecule has 6 rings (SSSR count). The van der Waals surface area contributed by atoms with Gasteiger partial charge in [-0.05, 0) is 122 Å². The molecular weight excluding hydrogens is 585 g/mol. The van der Waals surface area contributed by atoms with Gasteiger partial charge in [0.15, 0.2) is 0 Å². The Hall–Kier alpha value is -0.840. The van der Waals surface area contributed by atoms with Crippen molar-refractivity contribution in [3.63, 3.8) is 0 Å². The van der Waals surface area contributed by atoms with Gasteiger partial charge < -0.3 is 19.8 Å². The Morgan fingerprint density at radius 2 is 1.02 bits per heavy atom. The minimum Gasteiger partial charge on any atom is -0.550 e. The summed E-state index contributed by atoms with van der Waals surface area (Å²) < 4.78 is 0. The Morgan fingerprint density at radius 3 is 1.33 bits per heavy atom. The molecule has 244 valence electrons. The summed E-state index contributed by atoms with van der Waals surface area (Å²) >= 11 is 0. The SMILES string of the molecule is CC(C)C1=CC2=CCC3[C@](C)(C(=O)[O-])CCC[C@@]3(C)[C@H]2CC1.CC(C)C1=CC2=CCC3[C@](C)(C(=O)[O-])CCC[C@@]3(C)[C@H]2CC1.[Ca+2]. The number of rotatable bonds is 4. The van der Waals surface area contributed by atoms with Gasteiger partial charge in [-0.1, -0.05) is 104 Å². The van der Waals surface area contributed by atoms with Crippen LogP contribution in [-0.4, -0.2) is 49.7 Å². The maximum absolute atomic E-state index is 11.8. The van der Waals surface area contributed by atoms with Crippen molar-refractivity contribution in [2.45, 2.75) is 132 Å². The van der Waals surface area contributed by atoms with E-state index >= 15 is 0 Å². The van der Waals surface area contributed by atoms with Crippen LogP contribution in [0.5, 0.6) is 0 Å². The molecule has 4 nitrogen and oxygen atoms in total. The number of allylic oxidation sites excluding steroid dienone is 8. The molecule has 0 aromatic carbocycles. The zero-order valence-corrected chi connectivity index (χ0v) is 31.8. The van der Waals surface area contributed by atoms with E-state index in [0.29, 0.717) is 23.7 Å². The van der Waals surface area contributed by atoms with Crippen LogP contribution in [0.1, 0.15) is 132 Å². The van der Waals surface area contributed by atoms with E-state index in [4.69, 9.17) is 0 Å². The van der Waals surface area contributed by atoms with E-state index in [1.807, 2.05) is 13.8 Å². The Morgan fingerprint density at radius 1 is 0.667 bits per heavy atom. The van der Waals surface area contributed by atoms with Gasteiger partial charge in [0.25, 0.3) is 0 Å². The van der Waals surface area contributed by atoms with Crippen molar-refractivity contribution in [3.8, 4) is 0 Å². The average Bonchev–Trinajstić information content (AvgIpc) is 2.96. The van der Waals surface area contributed by atoms with Crippen LogP contribution in [0, 0.1) is 57.2 Å². The molecule has 45 heavy (non-hydrogen) atoms. The molecule has 0 aliphatic heterocycles. The van der Waals surface area contributed by atoms with Crippen molar-refractivity contribution in [2.75, 3.05) is 0 Å². The number of carboxylic acids is 2. The molecular formula is C40H58CaO4. The van der Waals surface area contributed by atoms with Crippen molar-refractivity contribution in [1.29, 1.82) is 0 Å². The molecule has 8 atom stereocenters. The van der Waals surface area contributed by atoms with Gasteiger partial charge in [0.05, 0.1) is 0 Å². The van der Waals surface area contributed by atoms with Gasteiger partial charge >= 0.3 is 37.7 Å². The number of hydrogen-bond donors (Lipinski definition) is 0. The molecule has 0 aromatic rings. The summed E-state index contributed by atoms with van der Waals surface area (Å²) in [6, 6.07) is 0. The number of carbonyl (C=O) groups excluding carboxylic acids is 2. The third kappa shape index (κ3) is 6.37. The third-order valence-electron chi connectivity index (χ3n) is 14.1. The Kier molecular flexibility index (Phi) is 11.2. The van der Waals surface area contributed by atoms with Crippen LogP contribution in [0.3, 0.4) is 0 Å². The zero-order chi connectivity index (χ0) is 32.2. The van der Waals surface area contributed by atoms with Crippen LogP contribution in [0.2, 0.25) is 0 Å². The summed E-state index contributed by atoms with van der Waals surface area (Å²) in [6.45, 7) is 17.7. The molecule has 2 saturated carbocycles. The molecule has 2 unspecified atom stereocenters. The van der Waals surface area contributed by atoms with Gasteiger partial charge in [-0.3, -0.25) is 0 Å². The van der Waals surface area contributed by atoms with Gasteiger partial charge in [0, 0.05) is 22.8 Å². The molecule has 0 aromatic heterocycles. The second-order valence-corrected chi connectivity index (χ2v) is 17.0. The van der Waals surface area contributed by atoms with Crippen LogP contribution in [0.25, 0.3) is 0 Å². The van der Waals surface area contributed by atoms with Gasteiger partial charge in [0.2, 0.25) is 0 Å². The van der Waals surface area contributed by atoms with Crippen LogP contribution in [0.15, 0.2) is 46.6 Å². The van der Waals surface area contributed by atoms with Crippen molar-refractivity contribution in [3.05, 3.63) is 46.6 Å². The van der Waals surface area contributed by atoms with Crippen LogP contribution >= 0.6 is 0 Å². The molecule has 6 aliphatic carbocycles. The van der Waals surface area contributed by atoms with Crippen molar-refractivity contribution in [1.82, 2.24) is 0 Å². The molecule has 2 fully saturated rings. The fourth-order valence-corrected chi connectivity index (χ4v) is 11.2. The zero-order valence-electron chi connectivity index (χ0n) is 29.6. The van der Waals surface area contributed by atoms with Gasteiger partial charge in [0.1, 0.15) is 0 Å². The molecule has 0 N–H and O–H groups in total. The predicted molar refractivity (Wildman–Crippen MR) is 180 cm³/mol. The van der Waals surface area contributed by atoms with Crippen molar-refractivity contribution >= 4 is 49.7 Å². The maximum Gasteiger partial charge on any atom is 2.00 e. The standard InChI is InChI=1S/2C20H30O2.Ca/c2*1-13(2)14-6-8-16-15(12-14)7-9-17-19(16,3)10-5-11-20(17,4)18(21)22;/h2*7,12-13,16-17H,5-6,8-11H2,1-4H3,(H,21,22);/q;;+2/p-2/t2*16-,17?,19-,20+;/m00./s1. The fraction of sp³-hybridized carbons (Fsp3) is 0.750. The van der Waals surface area contributed by atoms with Crippen LogP contribution < -0.4 is 10.2 Å². The van der Waals surface area contributed by atoms with Gasteiger partial charge in [-0.2, -0.15) is 0 Å². The van der Waals surface area contributed by atoms with E-state index in [2.05, 4.69) is 65.8 Å². The molecule has 0 bridgehead atoms. The summed E-state index contributed by atoms with van der Waals surface area (Å²) in [4.78, 5) is 23.7. The summed E-state index contributed by atoms with van der Waals surface area (Å²) in [5, 5.41) is 23.7. The topological polar surface area (TPSA) is 80.3 Å². The van der Waals surface area contributed by atoms with E-state index in [0.717, 1.165) is 51.4 Å². The first kappa shape index (κ1) is 37.0. The molecule has 0 spiro atoms. The molecule has 0 radical (unpaired) electrons. The monoisotopic (exact) mass is 642 g/mol. The van der Waals surface area contributed by atoms with Crippen molar-refractivity contribution in [2.24, 2.45) is 57.2 Å². The Labute approximate surface area is 303 Å². The first-order valence-corrected chi connectivity index (χ1v) is 17.8. The third-order valence-corrected chi connectivity index (χ3v) is 14.1. The molecule has 0 amide bonds. The predicted octanol–water partition coefficient (Wildman–Crippen LogP) is 7.36. The maximum atomic E-state index is 11.8.